The van der Waals surface area contributed by atoms with Gasteiger partial charge in [-0.15, -0.1) is 23.5 Å². The van der Waals surface area contributed by atoms with Gasteiger partial charge in [-0.05, 0) is 60.8 Å². The van der Waals surface area contributed by atoms with E-state index < -0.39 is 38.4 Å². The molecule has 0 radical (unpaired) electrons. The number of hydrogen-bond acceptors (Lipinski definition) is 2. The minimum Gasteiger partial charge on any atom is -0.194 e. The van der Waals surface area contributed by atoms with Gasteiger partial charge in [0.2, 0.25) is 0 Å². The summed E-state index contributed by atoms with van der Waals surface area (Å²) >= 11 is 2.54. The molecule has 0 spiro atoms. The van der Waals surface area contributed by atoms with Crippen LogP contribution >= 0.6 is 23.5 Å². The second-order valence-electron chi connectivity index (χ2n) is 7.08. The standard InChI is InChI=1S/C17H14F6S2/c1-7-5-9-11-12(16(20,21)17(22,23)15(11,18)19)10-6-8(2)25-14(10,4)13(9,3)24-7/h5-6H,1-4H3/t13-,14-/m1/s1. The molecule has 0 amide bonds. The van der Waals surface area contributed by atoms with Crippen LogP contribution in [0.2, 0.25) is 0 Å². The predicted octanol–water partition coefficient (Wildman–Crippen LogP) is 6.33. The first-order chi connectivity index (χ1) is 11.2. The van der Waals surface area contributed by atoms with Crippen LogP contribution in [0.5, 0.6) is 0 Å². The van der Waals surface area contributed by atoms with Gasteiger partial charge in [0.15, 0.2) is 0 Å². The van der Waals surface area contributed by atoms with Gasteiger partial charge in [-0.25, -0.2) is 0 Å². The largest absolute Gasteiger partial charge is 0.380 e. The van der Waals surface area contributed by atoms with E-state index in [4.69, 9.17) is 0 Å². The second-order valence-corrected chi connectivity index (χ2v) is 10.4. The van der Waals surface area contributed by atoms with Crippen LogP contribution in [0.3, 0.4) is 0 Å². The van der Waals surface area contributed by atoms with Gasteiger partial charge in [-0.3, -0.25) is 0 Å². The highest BCUT2D eigenvalue weighted by Crippen LogP contribution is 2.73. The van der Waals surface area contributed by atoms with Gasteiger partial charge >= 0.3 is 17.8 Å². The zero-order valence-electron chi connectivity index (χ0n) is 13.7. The van der Waals surface area contributed by atoms with Gasteiger partial charge in [-0.1, -0.05) is 0 Å². The predicted molar refractivity (Wildman–Crippen MR) is 88.4 cm³/mol. The molecule has 136 valence electrons. The summed E-state index contributed by atoms with van der Waals surface area (Å²) in [6, 6.07) is 0. The minimum atomic E-state index is -5.46. The highest BCUT2D eigenvalue weighted by atomic mass is 32.2. The molecule has 2 aliphatic heterocycles. The topological polar surface area (TPSA) is 0 Å². The molecule has 0 aromatic carbocycles. The Morgan fingerprint density at radius 2 is 1.00 bits per heavy atom. The lowest BCUT2D eigenvalue weighted by atomic mass is 9.71. The number of allylic oxidation sites excluding steroid dienone is 6. The van der Waals surface area contributed by atoms with Crippen molar-refractivity contribution < 1.29 is 26.3 Å². The minimum absolute atomic E-state index is 0.103. The molecule has 4 rings (SSSR count). The Hall–Kier alpha value is -0.760. The second kappa shape index (κ2) is 4.38. The SMILES string of the molecule is CC1=CC2=C3C(=C4C=C(C)S[C@@]4(C)[C@]2(C)S1)C(F)(F)C(F)(F)C3(F)F. The maximum Gasteiger partial charge on any atom is 0.380 e. The molecule has 0 unspecified atom stereocenters. The Morgan fingerprint density at radius 3 is 1.32 bits per heavy atom. The van der Waals surface area contributed by atoms with E-state index in [1.165, 1.54) is 35.7 Å². The van der Waals surface area contributed by atoms with E-state index in [9.17, 15) is 26.3 Å². The van der Waals surface area contributed by atoms with Crippen LogP contribution < -0.4 is 0 Å². The third kappa shape index (κ3) is 1.63. The maximum atomic E-state index is 14.6. The van der Waals surface area contributed by atoms with Crippen LogP contribution in [0.4, 0.5) is 26.3 Å². The fraction of sp³-hybridized carbons (Fsp3) is 0.529. The van der Waals surface area contributed by atoms with Crippen molar-refractivity contribution in [3.63, 3.8) is 0 Å². The van der Waals surface area contributed by atoms with Crippen LogP contribution in [0.15, 0.2) is 44.3 Å². The average Bonchev–Trinajstić information content (AvgIpc) is 2.95. The quantitative estimate of drug-likeness (QED) is 0.439. The highest BCUT2D eigenvalue weighted by molar-refractivity contribution is 8.09. The van der Waals surface area contributed by atoms with Crippen LogP contribution in [-0.2, 0) is 0 Å². The van der Waals surface area contributed by atoms with Gasteiger partial charge in [0, 0.05) is 11.1 Å². The Kier molecular flexibility index (Phi) is 3.09. The molecule has 0 saturated heterocycles. The van der Waals surface area contributed by atoms with Crippen LogP contribution in [0, 0.1) is 0 Å². The van der Waals surface area contributed by atoms with Gasteiger partial charge < -0.3 is 0 Å². The van der Waals surface area contributed by atoms with E-state index >= 15 is 0 Å². The summed E-state index contributed by atoms with van der Waals surface area (Å²) in [6.07, 6.45) is 2.73. The van der Waals surface area contributed by atoms with Gasteiger partial charge in [0.05, 0.1) is 9.49 Å². The lowest BCUT2D eigenvalue weighted by molar-refractivity contribution is -0.258. The number of alkyl halides is 6. The molecule has 1 saturated carbocycles. The molecule has 4 aliphatic rings. The van der Waals surface area contributed by atoms with E-state index in [0.717, 1.165) is 0 Å². The Morgan fingerprint density at radius 1 is 0.680 bits per heavy atom. The molecule has 25 heavy (non-hydrogen) atoms. The van der Waals surface area contributed by atoms with Crippen molar-refractivity contribution in [2.45, 2.75) is 55.0 Å². The fourth-order valence-corrected chi connectivity index (χ4v) is 7.30. The first-order valence-corrected chi connectivity index (χ1v) is 9.24. The monoisotopic (exact) mass is 396 g/mol. The van der Waals surface area contributed by atoms with E-state index in [1.54, 1.807) is 27.7 Å². The van der Waals surface area contributed by atoms with E-state index in [-0.39, 0.29) is 11.1 Å². The average molecular weight is 396 g/mol. The van der Waals surface area contributed by atoms with Gasteiger partial charge in [0.1, 0.15) is 0 Å². The first kappa shape index (κ1) is 17.6. The number of thioether (sulfide) groups is 2. The fourth-order valence-electron chi connectivity index (χ4n) is 4.26. The number of fused-ring (bicyclic) bond motifs is 4. The molecule has 0 bridgehead atoms. The molecule has 2 atom stereocenters. The Labute approximate surface area is 149 Å². The molecule has 1 fully saturated rings. The molecule has 2 aliphatic carbocycles. The summed E-state index contributed by atoms with van der Waals surface area (Å²) in [4.78, 5) is 1.29. The summed E-state index contributed by atoms with van der Waals surface area (Å²) in [7, 11) is 0. The molecule has 2 heterocycles. The van der Waals surface area contributed by atoms with Crippen LogP contribution in [0.25, 0.3) is 0 Å². The Balaban J connectivity index is 2.20. The molecule has 0 aromatic heterocycles. The first-order valence-electron chi connectivity index (χ1n) is 7.61. The highest BCUT2D eigenvalue weighted by Gasteiger charge is 2.84. The summed E-state index contributed by atoms with van der Waals surface area (Å²) in [6.45, 7) is 6.70. The van der Waals surface area contributed by atoms with E-state index in [1.807, 2.05) is 0 Å². The Bertz CT molecular complexity index is 779. The molecular formula is C17H14F6S2. The number of hydrogen-bond donors (Lipinski definition) is 0. The molecular weight excluding hydrogens is 382 g/mol. The van der Waals surface area contributed by atoms with Crippen molar-refractivity contribution in [3.05, 3.63) is 44.3 Å². The van der Waals surface area contributed by atoms with Crippen molar-refractivity contribution in [3.8, 4) is 0 Å². The third-order valence-corrected chi connectivity index (χ3v) is 8.65. The summed E-state index contributed by atoms with van der Waals surface area (Å²) < 4.78 is 84.5. The zero-order valence-corrected chi connectivity index (χ0v) is 15.4. The van der Waals surface area contributed by atoms with Crippen LogP contribution in [-0.4, -0.2) is 27.3 Å². The summed E-state index contributed by atoms with van der Waals surface area (Å²) in [5.41, 5.74) is -2.58. The number of rotatable bonds is 0. The maximum absolute atomic E-state index is 14.6. The van der Waals surface area contributed by atoms with Crippen molar-refractivity contribution >= 4 is 23.5 Å². The summed E-state index contributed by atoms with van der Waals surface area (Å²) in [5.74, 6) is -15.3. The van der Waals surface area contributed by atoms with Crippen LogP contribution in [0.1, 0.15) is 27.7 Å². The normalized spacial score (nSPS) is 39.9. The van der Waals surface area contributed by atoms with E-state index in [0.29, 0.717) is 9.81 Å². The summed E-state index contributed by atoms with van der Waals surface area (Å²) in [5, 5.41) is 0. The van der Waals surface area contributed by atoms with Crippen molar-refractivity contribution in [1.29, 1.82) is 0 Å². The van der Waals surface area contributed by atoms with Gasteiger partial charge in [-0.2, -0.15) is 26.3 Å². The van der Waals surface area contributed by atoms with Crippen molar-refractivity contribution in [1.82, 2.24) is 0 Å². The van der Waals surface area contributed by atoms with Gasteiger partial charge in [0.25, 0.3) is 0 Å². The lowest BCUT2D eigenvalue weighted by Crippen LogP contribution is -2.48. The molecule has 8 heteroatoms. The number of halogens is 6. The molecule has 0 N–H and O–H groups in total. The molecule has 0 aromatic rings. The van der Waals surface area contributed by atoms with Crippen molar-refractivity contribution in [2.75, 3.05) is 0 Å². The lowest BCUT2D eigenvalue weighted by Gasteiger charge is -2.47. The molecule has 0 nitrogen and oxygen atoms in total. The third-order valence-electron chi connectivity index (χ3n) is 5.57. The van der Waals surface area contributed by atoms with Crippen molar-refractivity contribution in [2.24, 2.45) is 0 Å². The smallest absolute Gasteiger partial charge is 0.194 e. The zero-order chi connectivity index (χ0) is 18.8. The van der Waals surface area contributed by atoms with E-state index in [2.05, 4.69) is 0 Å².